The molecule has 0 aliphatic heterocycles. The average Bonchev–Trinajstić information content (AvgIpc) is 2.03. The van der Waals surface area contributed by atoms with E-state index in [0.29, 0.717) is 5.30 Å². The van der Waals surface area contributed by atoms with Gasteiger partial charge < -0.3 is 9.67 Å². The van der Waals surface area contributed by atoms with Crippen LogP contribution in [0, 0.1) is 0 Å². The van der Waals surface area contributed by atoms with Crippen LogP contribution < -0.4 is 5.30 Å². The van der Waals surface area contributed by atoms with Crippen LogP contribution in [0.25, 0.3) is 0 Å². The van der Waals surface area contributed by atoms with E-state index >= 15 is 0 Å². The van der Waals surface area contributed by atoms with Gasteiger partial charge in [0.15, 0.2) is 0 Å². The summed E-state index contributed by atoms with van der Waals surface area (Å²) in [5, 5.41) is 9.14. The number of halogens is 1. The zero-order valence-electron chi connectivity index (χ0n) is 7.80. The number of carboxylic acid groups (broad SMARTS) is 1. The molecule has 1 aromatic rings. The Labute approximate surface area is 88.1 Å². The van der Waals surface area contributed by atoms with Gasteiger partial charge in [-0.05, 0) is 19.4 Å². The molecule has 1 N–H and O–H groups in total. The molecule has 1 rings (SSSR count). The number of nitrogens with zero attached hydrogens (tertiary/aromatic N) is 1. The molecule has 1 aromatic heterocycles. The molecule has 14 heavy (non-hydrogen) atoms. The lowest BCUT2D eigenvalue weighted by atomic mass is 10.3. The van der Waals surface area contributed by atoms with Crippen molar-refractivity contribution < 1.29 is 14.5 Å². The van der Waals surface area contributed by atoms with Crippen LogP contribution in [0.2, 0.25) is 0 Å². The van der Waals surface area contributed by atoms with Gasteiger partial charge in [0.05, 0.1) is 5.56 Å². The summed E-state index contributed by atoms with van der Waals surface area (Å²) in [6.45, 7) is 3.16. The van der Waals surface area contributed by atoms with Crippen molar-refractivity contribution in [2.24, 2.45) is 0 Å². The van der Waals surface area contributed by atoms with Crippen molar-refractivity contribution in [3.05, 3.63) is 24.0 Å². The molecule has 0 amide bonds. The molecule has 0 bridgehead atoms. The molecule has 0 aliphatic carbocycles. The van der Waals surface area contributed by atoms with Crippen LogP contribution in [0.3, 0.4) is 0 Å². The minimum absolute atomic E-state index is 0. The largest absolute Gasteiger partial charge is 0.478 e. The molecule has 0 saturated carbocycles. The first-order valence-electron chi connectivity index (χ1n) is 3.65. The molecule has 0 atom stereocenters. The zero-order valence-corrected chi connectivity index (χ0v) is 9.51. The van der Waals surface area contributed by atoms with Gasteiger partial charge >= 0.3 is 5.97 Å². The molecule has 78 valence electrons. The lowest BCUT2D eigenvalue weighted by Gasteiger charge is -2.05. The predicted molar refractivity (Wildman–Crippen MR) is 57.5 cm³/mol. The molecule has 4 nitrogen and oxygen atoms in total. The first-order chi connectivity index (χ1) is 5.91. The van der Waals surface area contributed by atoms with Crippen LogP contribution in [0.5, 0.6) is 0 Å². The quantitative estimate of drug-likeness (QED) is 0.788. The van der Waals surface area contributed by atoms with Gasteiger partial charge in [0, 0.05) is 17.7 Å². The fourth-order valence-electron chi connectivity index (χ4n) is 0.839. The van der Waals surface area contributed by atoms with E-state index in [1.807, 2.05) is 0 Å². The highest BCUT2D eigenvalue weighted by Crippen LogP contribution is 2.34. The summed E-state index contributed by atoms with van der Waals surface area (Å²) in [7, 11) is -2.41. The molecule has 6 heteroatoms. The molecule has 0 fully saturated rings. The van der Waals surface area contributed by atoms with Crippen molar-refractivity contribution in [3.63, 3.8) is 0 Å². The number of carbonyl (C=O) groups is 1. The second kappa shape index (κ2) is 4.58. The Balaban J connectivity index is 0.00000169. The number of carboxylic acids is 1. The second-order valence-electron chi connectivity index (χ2n) is 3.09. The molecule has 1 heterocycles. The van der Waals surface area contributed by atoms with E-state index in [4.69, 9.17) is 5.11 Å². The molecule has 0 radical (unpaired) electrons. The summed E-state index contributed by atoms with van der Waals surface area (Å²) in [5.74, 6) is -1.05. The SMILES string of the molecule is CP(C)(=O)c1cncc(C(=O)O)c1.Cl. The third-order valence-electron chi connectivity index (χ3n) is 1.59. The fraction of sp³-hybridized carbons (Fsp3) is 0.250. The highest BCUT2D eigenvalue weighted by molar-refractivity contribution is 7.70. The van der Waals surface area contributed by atoms with Gasteiger partial charge in [-0.25, -0.2) is 4.79 Å². The van der Waals surface area contributed by atoms with E-state index in [1.54, 1.807) is 13.3 Å². The summed E-state index contributed by atoms with van der Waals surface area (Å²) < 4.78 is 11.6. The van der Waals surface area contributed by atoms with Crippen LogP contribution >= 0.6 is 19.5 Å². The smallest absolute Gasteiger partial charge is 0.337 e. The van der Waals surface area contributed by atoms with Crippen LogP contribution in [0.15, 0.2) is 18.5 Å². The van der Waals surface area contributed by atoms with E-state index < -0.39 is 13.1 Å². The van der Waals surface area contributed by atoms with E-state index in [2.05, 4.69) is 4.98 Å². The third kappa shape index (κ3) is 3.13. The number of aromatic carboxylic acids is 1. The number of hydrogen-bond acceptors (Lipinski definition) is 3. The topological polar surface area (TPSA) is 67.3 Å². The summed E-state index contributed by atoms with van der Waals surface area (Å²) in [5.41, 5.74) is 0.0708. The van der Waals surface area contributed by atoms with E-state index in [-0.39, 0.29) is 18.0 Å². The van der Waals surface area contributed by atoms with Crippen molar-refractivity contribution >= 4 is 30.8 Å². The maximum Gasteiger partial charge on any atom is 0.337 e. The lowest BCUT2D eigenvalue weighted by Crippen LogP contribution is -2.08. The van der Waals surface area contributed by atoms with Crippen LogP contribution in [-0.4, -0.2) is 29.4 Å². The maximum absolute atomic E-state index is 11.6. The van der Waals surface area contributed by atoms with E-state index in [0.717, 1.165) is 0 Å². The highest BCUT2D eigenvalue weighted by Gasteiger charge is 2.13. The Kier molecular flexibility index (Phi) is 4.30. The number of aromatic nitrogens is 1. The van der Waals surface area contributed by atoms with Gasteiger partial charge in [0.2, 0.25) is 0 Å². The van der Waals surface area contributed by atoms with Crippen molar-refractivity contribution in [1.29, 1.82) is 0 Å². The zero-order chi connectivity index (χ0) is 10.1. The maximum atomic E-state index is 11.6. The Morgan fingerprint density at radius 3 is 2.43 bits per heavy atom. The minimum Gasteiger partial charge on any atom is -0.478 e. The Bertz CT molecular complexity index is 388. The van der Waals surface area contributed by atoms with Gasteiger partial charge in [0.1, 0.15) is 7.14 Å². The lowest BCUT2D eigenvalue weighted by molar-refractivity contribution is 0.0696. The summed E-state index contributed by atoms with van der Waals surface area (Å²) in [4.78, 5) is 14.3. The van der Waals surface area contributed by atoms with E-state index in [9.17, 15) is 9.36 Å². The molecule has 0 saturated heterocycles. The summed E-state index contributed by atoms with van der Waals surface area (Å²) in [6, 6.07) is 1.40. The molecule has 0 unspecified atom stereocenters. The monoisotopic (exact) mass is 235 g/mol. The van der Waals surface area contributed by atoms with Gasteiger partial charge in [-0.2, -0.15) is 0 Å². The molecular weight excluding hydrogens is 225 g/mol. The number of pyridine rings is 1. The van der Waals surface area contributed by atoms with Gasteiger partial charge in [-0.15, -0.1) is 12.4 Å². The minimum atomic E-state index is -2.41. The fourth-order valence-corrected chi connectivity index (χ4v) is 1.63. The van der Waals surface area contributed by atoms with Crippen molar-refractivity contribution in [3.8, 4) is 0 Å². The van der Waals surface area contributed by atoms with Crippen LogP contribution in [-0.2, 0) is 4.57 Å². The summed E-state index contributed by atoms with van der Waals surface area (Å²) in [6.07, 6.45) is 2.68. The van der Waals surface area contributed by atoms with Gasteiger partial charge in [-0.1, -0.05) is 0 Å². The highest BCUT2D eigenvalue weighted by atomic mass is 35.5. The summed E-state index contributed by atoms with van der Waals surface area (Å²) >= 11 is 0. The van der Waals surface area contributed by atoms with Crippen LogP contribution in [0.1, 0.15) is 10.4 Å². The Hall–Kier alpha value is -0.860. The molecule has 0 aromatic carbocycles. The Morgan fingerprint density at radius 1 is 1.43 bits per heavy atom. The first-order valence-corrected chi connectivity index (χ1v) is 6.25. The average molecular weight is 236 g/mol. The first kappa shape index (κ1) is 13.1. The van der Waals surface area contributed by atoms with Crippen molar-refractivity contribution in [1.82, 2.24) is 4.98 Å². The number of rotatable bonds is 2. The standard InChI is InChI=1S/C8H10NO3P.ClH/c1-13(2,12)7-3-6(8(10)11)4-9-5-7;/h3-5H,1-2H3,(H,10,11);1H. The van der Waals surface area contributed by atoms with Crippen molar-refractivity contribution in [2.45, 2.75) is 0 Å². The molecule has 0 spiro atoms. The molecule has 0 aliphatic rings. The Morgan fingerprint density at radius 2 is 2.00 bits per heavy atom. The molecular formula is C8H11ClNO3P. The third-order valence-corrected chi connectivity index (χ3v) is 3.08. The predicted octanol–water partition coefficient (Wildman–Crippen LogP) is 1.45. The van der Waals surface area contributed by atoms with Gasteiger partial charge in [0.25, 0.3) is 0 Å². The van der Waals surface area contributed by atoms with E-state index in [1.165, 1.54) is 18.5 Å². The number of hydrogen-bond donors (Lipinski definition) is 1. The van der Waals surface area contributed by atoms with Crippen LogP contribution in [0.4, 0.5) is 0 Å². The normalized spacial score (nSPS) is 10.4. The second-order valence-corrected chi connectivity index (χ2v) is 6.31. The van der Waals surface area contributed by atoms with Gasteiger partial charge in [-0.3, -0.25) is 4.98 Å². The van der Waals surface area contributed by atoms with Crippen molar-refractivity contribution in [2.75, 3.05) is 13.3 Å².